The Labute approximate surface area is 200 Å². The third-order valence-corrected chi connectivity index (χ3v) is 8.29. The van der Waals surface area contributed by atoms with Crippen molar-refractivity contribution in [2.24, 2.45) is 24.3 Å². The van der Waals surface area contributed by atoms with Gasteiger partial charge in [-0.3, -0.25) is 14.4 Å². The molecule has 2 aromatic rings. The number of esters is 1. The number of methoxy groups -OCH3 is 1. The van der Waals surface area contributed by atoms with Gasteiger partial charge in [0.1, 0.15) is 5.69 Å². The molecule has 2 aliphatic heterocycles. The lowest BCUT2D eigenvalue weighted by Gasteiger charge is -2.39. The number of aryl methyl sites for hydroxylation is 1. The zero-order chi connectivity index (χ0) is 23.9. The van der Waals surface area contributed by atoms with E-state index in [1.54, 1.807) is 0 Å². The van der Waals surface area contributed by atoms with Gasteiger partial charge in [0.2, 0.25) is 5.91 Å². The van der Waals surface area contributed by atoms with E-state index >= 15 is 0 Å². The molecule has 7 heteroatoms. The van der Waals surface area contributed by atoms with Gasteiger partial charge in [-0.1, -0.05) is 30.4 Å². The fourth-order valence-corrected chi connectivity index (χ4v) is 6.11. The number of fused-ring (bicyclic) bond motifs is 1. The van der Waals surface area contributed by atoms with Crippen molar-refractivity contribution in [2.75, 3.05) is 33.3 Å². The molecule has 0 saturated carbocycles. The Bertz CT molecular complexity index is 1140. The predicted octanol–water partition coefficient (Wildman–Crippen LogP) is 3.39. The monoisotopic (exact) mass is 463 g/mol. The lowest BCUT2D eigenvalue weighted by Crippen LogP contribution is -2.46. The second-order valence-corrected chi connectivity index (χ2v) is 10.1. The highest BCUT2D eigenvalue weighted by Crippen LogP contribution is 2.42. The number of piperidine rings is 1. The number of allylic oxidation sites excluding steroid dienone is 2. The lowest BCUT2D eigenvalue weighted by molar-refractivity contribution is -0.153. The molecular weight excluding hydrogens is 430 g/mol. The highest BCUT2D eigenvalue weighted by Gasteiger charge is 2.45. The second kappa shape index (κ2) is 8.93. The van der Waals surface area contributed by atoms with Crippen LogP contribution in [-0.2, 0) is 21.4 Å². The summed E-state index contributed by atoms with van der Waals surface area (Å²) in [6, 6.07) is 10.0. The lowest BCUT2D eigenvalue weighted by atomic mass is 9.77. The number of nitrogens with zero attached hydrogens (tertiary/aromatic N) is 3. The van der Waals surface area contributed by atoms with Crippen molar-refractivity contribution in [3.8, 4) is 0 Å². The van der Waals surface area contributed by atoms with Crippen LogP contribution in [0.15, 0.2) is 42.5 Å². The number of ether oxygens (including phenoxy) is 1. The van der Waals surface area contributed by atoms with Crippen molar-refractivity contribution in [3.05, 3.63) is 48.2 Å². The molecule has 2 saturated heterocycles. The number of para-hydroxylation sites is 1. The fraction of sp³-hybridized carbons (Fsp3) is 0.519. The summed E-state index contributed by atoms with van der Waals surface area (Å²) in [5.41, 5.74) is 1.85. The molecule has 34 heavy (non-hydrogen) atoms. The molecule has 2 unspecified atom stereocenters. The molecule has 0 radical (unpaired) electrons. The Morgan fingerprint density at radius 1 is 0.941 bits per heavy atom. The molecule has 0 N–H and O–H groups in total. The van der Waals surface area contributed by atoms with Crippen LogP contribution in [0.4, 0.5) is 0 Å². The molecule has 3 aliphatic rings. The Balaban J connectivity index is 1.23. The molecule has 5 rings (SSSR count). The first-order valence-electron chi connectivity index (χ1n) is 12.3. The summed E-state index contributed by atoms with van der Waals surface area (Å²) >= 11 is 0. The molecule has 1 spiro atoms. The summed E-state index contributed by atoms with van der Waals surface area (Å²) < 4.78 is 6.94. The minimum atomic E-state index is -0.390. The Morgan fingerprint density at radius 3 is 2.26 bits per heavy atom. The summed E-state index contributed by atoms with van der Waals surface area (Å²) in [7, 11) is 3.34. The van der Waals surface area contributed by atoms with Gasteiger partial charge in [0.05, 0.1) is 18.9 Å². The first-order chi connectivity index (χ1) is 16.4. The number of amides is 2. The van der Waals surface area contributed by atoms with Gasteiger partial charge in [0.25, 0.3) is 5.91 Å². The van der Waals surface area contributed by atoms with Gasteiger partial charge in [-0.2, -0.15) is 0 Å². The van der Waals surface area contributed by atoms with Crippen LogP contribution in [0.1, 0.15) is 42.6 Å². The van der Waals surface area contributed by atoms with Gasteiger partial charge < -0.3 is 19.1 Å². The van der Waals surface area contributed by atoms with E-state index in [-0.39, 0.29) is 35.0 Å². The van der Waals surface area contributed by atoms with Crippen LogP contribution in [0.5, 0.6) is 0 Å². The number of hydrogen-bond acceptors (Lipinski definition) is 4. The normalized spacial score (nSPS) is 24.1. The second-order valence-electron chi connectivity index (χ2n) is 10.1. The maximum atomic E-state index is 13.4. The van der Waals surface area contributed by atoms with Crippen molar-refractivity contribution in [1.82, 2.24) is 14.4 Å². The fourth-order valence-electron chi connectivity index (χ4n) is 6.11. The van der Waals surface area contributed by atoms with Gasteiger partial charge in [-0.05, 0) is 49.7 Å². The van der Waals surface area contributed by atoms with E-state index in [2.05, 4.69) is 0 Å². The molecule has 2 amide bonds. The maximum absolute atomic E-state index is 13.4. The van der Waals surface area contributed by atoms with E-state index < -0.39 is 0 Å². The van der Waals surface area contributed by atoms with E-state index in [1.165, 1.54) is 7.11 Å². The van der Waals surface area contributed by atoms with Gasteiger partial charge in [-0.25, -0.2) is 0 Å². The molecule has 7 nitrogen and oxygen atoms in total. The molecule has 2 atom stereocenters. The largest absolute Gasteiger partial charge is 0.469 e. The minimum absolute atomic E-state index is 0.0661. The van der Waals surface area contributed by atoms with Crippen molar-refractivity contribution in [2.45, 2.75) is 32.1 Å². The van der Waals surface area contributed by atoms with E-state index in [1.807, 2.05) is 63.9 Å². The van der Waals surface area contributed by atoms with Gasteiger partial charge in [0, 0.05) is 44.1 Å². The Hall–Kier alpha value is -3.09. The van der Waals surface area contributed by atoms with Crippen molar-refractivity contribution < 1.29 is 19.1 Å². The number of carbonyl (C=O) groups is 3. The van der Waals surface area contributed by atoms with Gasteiger partial charge >= 0.3 is 5.97 Å². The number of likely N-dealkylation sites (tertiary alicyclic amines) is 2. The van der Waals surface area contributed by atoms with Crippen LogP contribution in [0.3, 0.4) is 0 Å². The topological polar surface area (TPSA) is 71.9 Å². The molecule has 3 heterocycles. The first kappa shape index (κ1) is 22.7. The number of aromatic nitrogens is 1. The smallest absolute Gasteiger partial charge is 0.309 e. The van der Waals surface area contributed by atoms with Gasteiger partial charge in [0.15, 0.2) is 0 Å². The van der Waals surface area contributed by atoms with Crippen molar-refractivity contribution in [3.63, 3.8) is 0 Å². The zero-order valence-electron chi connectivity index (χ0n) is 20.0. The minimum Gasteiger partial charge on any atom is -0.469 e. The standard InChI is InChI=1S/C27H33N3O4/c1-28-22-10-6-3-7-19(22)17-23(28)25(32)29-14-11-27(12-15-29)13-16-30(18-27)24(31)20-8-4-5-9-21(20)26(33)34-2/h3-7,10,17,20-21H,8-9,11-16,18H2,1-2H3. The third kappa shape index (κ3) is 3.91. The van der Waals surface area contributed by atoms with Crippen LogP contribution in [0, 0.1) is 17.3 Å². The number of hydrogen-bond donors (Lipinski definition) is 0. The predicted molar refractivity (Wildman–Crippen MR) is 129 cm³/mol. The van der Waals surface area contributed by atoms with E-state index in [0.29, 0.717) is 25.9 Å². The van der Waals surface area contributed by atoms with Crippen LogP contribution in [0.25, 0.3) is 10.9 Å². The number of rotatable bonds is 3. The highest BCUT2D eigenvalue weighted by atomic mass is 16.5. The van der Waals surface area contributed by atoms with E-state index in [4.69, 9.17) is 4.74 Å². The summed E-state index contributed by atoms with van der Waals surface area (Å²) in [4.78, 5) is 42.8. The van der Waals surface area contributed by atoms with Crippen molar-refractivity contribution in [1.29, 1.82) is 0 Å². The molecular formula is C27H33N3O4. The molecule has 1 aromatic heterocycles. The summed E-state index contributed by atoms with van der Waals surface area (Å²) in [5, 5.41) is 1.08. The first-order valence-corrected chi connectivity index (χ1v) is 12.3. The van der Waals surface area contributed by atoms with Crippen molar-refractivity contribution >= 4 is 28.7 Å². The Morgan fingerprint density at radius 2 is 1.59 bits per heavy atom. The highest BCUT2D eigenvalue weighted by molar-refractivity contribution is 5.98. The van der Waals surface area contributed by atoms with Crippen LogP contribution >= 0.6 is 0 Å². The van der Waals surface area contributed by atoms with Gasteiger partial charge in [-0.15, -0.1) is 0 Å². The Kier molecular flexibility index (Phi) is 5.96. The summed E-state index contributed by atoms with van der Waals surface area (Å²) in [6.07, 6.45) is 7.89. The molecule has 1 aromatic carbocycles. The number of carbonyl (C=O) groups excluding carboxylic acids is 3. The molecule has 180 valence electrons. The molecule has 1 aliphatic carbocycles. The number of benzene rings is 1. The third-order valence-electron chi connectivity index (χ3n) is 8.29. The van der Waals surface area contributed by atoms with E-state index in [9.17, 15) is 14.4 Å². The molecule has 2 fully saturated rings. The van der Waals surface area contributed by atoms with Crippen LogP contribution in [0.2, 0.25) is 0 Å². The quantitative estimate of drug-likeness (QED) is 0.517. The van der Waals surface area contributed by atoms with Crippen LogP contribution < -0.4 is 0 Å². The maximum Gasteiger partial charge on any atom is 0.309 e. The summed E-state index contributed by atoms with van der Waals surface area (Å²) in [6.45, 7) is 2.86. The average Bonchev–Trinajstić information content (AvgIpc) is 3.44. The van der Waals surface area contributed by atoms with E-state index in [0.717, 1.165) is 48.9 Å². The molecule has 0 bridgehead atoms. The summed E-state index contributed by atoms with van der Waals surface area (Å²) in [5.74, 6) is -0.864. The van der Waals surface area contributed by atoms with Crippen LogP contribution in [-0.4, -0.2) is 65.4 Å². The average molecular weight is 464 g/mol. The SMILES string of the molecule is COC(=O)C1CC=CCC1C(=O)N1CCC2(CCN(C(=O)c3cc4ccccc4n3C)CC2)C1. The zero-order valence-corrected chi connectivity index (χ0v) is 20.0.